The van der Waals surface area contributed by atoms with Crippen LogP contribution in [0.2, 0.25) is 0 Å². The Labute approximate surface area is 71.2 Å². The highest BCUT2D eigenvalue weighted by Gasteiger charge is 1.90. The first kappa shape index (κ1) is 8.53. The van der Waals surface area contributed by atoms with Crippen LogP contribution in [0.1, 0.15) is 6.92 Å². The Balaban J connectivity index is 3.63. The summed E-state index contributed by atoms with van der Waals surface area (Å²) >= 11 is 0. The fraction of sp³-hybridized carbons (Fsp3) is 0.100. The van der Waals surface area contributed by atoms with Crippen LogP contribution in [0.3, 0.4) is 0 Å². The molecule has 0 aliphatic heterocycles. The number of aromatic hydroxyl groups is 1. The molecule has 0 aliphatic carbocycles. The van der Waals surface area contributed by atoms with Crippen LogP contribution >= 0.6 is 0 Å². The molecule has 62 valence electrons. The zero-order chi connectivity index (χ0) is 8.97. The largest absolute Gasteiger partial charge is 0.507 e. The van der Waals surface area contributed by atoms with Crippen molar-refractivity contribution in [2.45, 2.75) is 6.92 Å². The lowest BCUT2D eigenvalue weighted by molar-refractivity contribution is 0.469. The highest BCUT2D eigenvalue weighted by molar-refractivity contribution is 5.41. The lowest BCUT2D eigenvalue weighted by atomic mass is 10.3. The van der Waals surface area contributed by atoms with Crippen molar-refractivity contribution in [3.63, 3.8) is 0 Å². The Morgan fingerprint density at radius 2 is 2.33 bits per heavy atom. The van der Waals surface area contributed by atoms with Gasteiger partial charge in [0.2, 0.25) is 0 Å². The maximum Gasteiger partial charge on any atom is 0.126 e. The SMILES string of the molecule is C=C/C=c1/c(O)ccn/c1=C/C. The Kier molecular flexibility index (Phi) is 2.64. The molecule has 0 amide bonds. The molecule has 0 spiro atoms. The first-order valence-corrected chi connectivity index (χ1v) is 3.72. The van der Waals surface area contributed by atoms with Crippen LogP contribution in [0.15, 0.2) is 24.9 Å². The average Bonchev–Trinajstić information content (AvgIpc) is 2.09. The molecule has 2 nitrogen and oxygen atoms in total. The van der Waals surface area contributed by atoms with E-state index in [0.29, 0.717) is 0 Å². The zero-order valence-corrected chi connectivity index (χ0v) is 6.99. The monoisotopic (exact) mass is 161 g/mol. The molecule has 0 unspecified atom stereocenters. The number of nitrogens with zero attached hydrogens (tertiary/aromatic N) is 1. The van der Waals surface area contributed by atoms with Crippen LogP contribution in [0.25, 0.3) is 12.2 Å². The van der Waals surface area contributed by atoms with E-state index in [0.717, 1.165) is 10.6 Å². The van der Waals surface area contributed by atoms with E-state index in [9.17, 15) is 5.11 Å². The molecule has 1 heterocycles. The van der Waals surface area contributed by atoms with Gasteiger partial charge in [0.25, 0.3) is 0 Å². The molecule has 12 heavy (non-hydrogen) atoms. The van der Waals surface area contributed by atoms with E-state index in [1.807, 2.05) is 13.0 Å². The van der Waals surface area contributed by atoms with Gasteiger partial charge in [0, 0.05) is 11.4 Å². The molecular weight excluding hydrogens is 150 g/mol. The van der Waals surface area contributed by atoms with Gasteiger partial charge in [0.1, 0.15) is 5.75 Å². The van der Waals surface area contributed by atoms with Crippen LogP contribution in [0.5, 0.6) is 5.75 Å². The van der Waals surface area contributed by atoms with Gasteiger partial charge in [0.15, 0.2) is 0 Å². The lowest BCUT2D eigenvalue weighted by Gasteiger charge is -1.92. The normalized spacial score (nSPS) is 13.4. The van der Waals surface area contributed by atoms with Gasteiger partial charge in [-0.3, -0.25) is 4.98 Å². The van der Waals surface area contributed by atoms with E-state index >= 15 is 0 Å². The van der Waals surface area contributed by atoms with Gasteiger partial charge < -0.3 is 5.11 Å². The smallest absolute Gasteiger partial charge is 0.126 e. The molecule has 0 radical (unpaired) electrons. The predicted octanol–water partition coefficient (Wildman–Crippen LogP) is 0.554. The third kappa shape index (κ3) is 1.53. The van der Waals surface area contributed by atoms with Crippen molar-refractivity contribution >= 4 is 12.2 Å². The third-order valence-corrected chi connectivity index (χ3v) is 1.56. The van der Waals surface area contributed by atoms with Crippen LogP contribution in [-0.2, 0) is 0 Å². The summed E-state index contributed by atoms with van der Waals surface area (Å²) in [4.78, 5) is 4.08. The Bertz CT molecular complexity index is 393. The number of allylic oxidation sites excluding steroid dienone is 1. The summed E-state index contributed by atoms with van der Waals surface area (Å²) in [6.45, 7) is 5.44. The number of hydrogen-bond donors (Lipinski definition) is 1. The summed E-state index contributed by atoms with van der Waals surface area (Å²) in [7, 11) is 0. The molecule has 1 aromatic heterocycles. The molecule has 0 saturated heterocycles. The lowest BCUT2D eigenvalue weighted by Crippen LogP contribution is -2.27. The summed E-state index contributed by atoms with van der Waals surface area (Å²) in [5, 5.41) is 10.9. The molecule has 0 bridgehead atoms. The second-order valence-electron chi connectivity index (χ2n) is 2.32. The number of hydrogen-bond acceptors (Lipinski definition) is 2. The van der Waals surface area contributed by atoms with Crippen molar-refractivity contribution in [2.24, 2.45) is 0 Å². The van der Waals surface area contributed by atoms with Crippen molar-refractivity contribution in [1.82, 2.24) is 4.98 Å². The van der Waals surface area contributed by atoms with Crippen LogP contribution in [0, 0.1) is 0 Å². The topological polar surface area (TPSA) is 33.1 Å². The molecule has 0 saturated carbocycles. The van der Waals surface area contributed by atoms with Gasteiger partial charge >= 0.3 is 0 Å². The van der Waals surface area contributed by atoms with Crippen molar-refractivity contribution in [2.75, 3.05) is 0 Å². The molecular formula is C10H11NO. The fourth-order valence-electron chi connectivity index (χ4n) is 0.997. The van der Waals surface area contributed by atoms with Gasteiger partial charge in [-0.15, -0.1) is 0 Å². The highest BCUT2D eigenvalue weighted by Crippen LogP contribution is 1.92. The van der Waals surface area contributed by atoms with E-state index in [2.05, 4.69) is 11.6 Å². The number of pyridine rings is 1. The minimum atomic E-state index is 0.234. The minimum Gasteiger partial charge on any atom is -0.507 e. The number of rotatable bonds is 1. The van der Waals surface area contributed by atoms with Gasteiger partial charge in [0.05, 0.1) is 5.35 Å². The summed E-state index contributed by atoms with van der Waals surface area (Å²) in [6.07, 6.45) is 6.78. The first-order chi connectivity index (χ1) is 5.79. The van der Waals surface area contributed by atoms with E-state index < -0.39 is 0 Å². The molecule has 1 N–H and O–H groups in total. The molecule has 1 aromatic rings. The Morgan fingerprint density at radius 3 is 2.92 bits per heavy atom. The highest BCUT2D eigenvalue weighted by atomic mass is 16.3. The van der Waals surface area contributed by atoms with E-state index in [1.165, 1.54) is 0 Å². The Morgan fingerprint density at radius 1 is 1.58 bits per heavy atom. The molecule has 0 aromatic carbocycles. The van der Waals surface area contributed by atoms with E-state index in [4.69, 9.17) is 0 Å². The van der Waals surface area contributed by atoms with Gasteiger partial charge in [-0.1, -0.05) is 18.7 Å². The summed E-state index contributed by atoms with van der Waals surface area (Å²) < 4.78 is 0. The third-order valence-electron chi connectivity index (χ3n) is 1.56. The molecule has 0 aliphatic rings. The van der Waals surface area contributed by atoms with Gasteiger partial charge in [-0.25, -0.2) is 0 Å². The van der Waals surface area contributed by atoms with Crippen molar-refractivity contribution in [3.05, 3.63) is 35.5 Å². The second-order valence-corrected chi connectivity index (χ2v) is 2.32. The van der Waals surface area contributed by atoms with Crippen molar-refractivity contribution in [3.8, 4) is 5.75 Å². The molecule has 2 heteroatoms. The van der Waals surface area contributed by atoms with Crippen LogP contribution in [-0.4, -0.2) is 10.1 Å². The fourth-order valence-corrected chi connectivity index (χ4v) is 0.997. The van der Waals surface area contributed by atoms with Gasteiger partial charge in [-0.2, -0.15) is 0 Å². The van der Waals surface area contributed by atoms with Crippen LogP contribution < -0.4 is 10.6 Å². The maximum absolute atomic E-state index is 9.41. The minimum absolute atomic E-state index is 0.234. The van der Waals surface area contributed by atoms with E-state index in [1.54, 1.807) is 24.4 Å². The maximum atomic E-state index is 9.41. The zero-order valence-electron chi connectivity index (χ0n) is 6.99. The molecule has 0 fully saturated rings. The van der Waals surface area contributed by atoms with Crippen molar-refractivity contribution < 1.29 is 5.11 Å². The first-order valence-electron chi connectivity index (χ1n) is 3.72. The molecule has 1 rings (SSSR count). The van der Waals surface area contributed by atoms with Gasteiger partial charge in [-0.05, 0) is 19.1 Å². The summed E-state index contributed by atoms with van der Waals surface area (Å²) in [5.74, 6) is 0.234. The van der Waals surface area contributed by atoms with Crippen LogP contribution in [0.4, 0.5) is 0 Å². The number of aromatic nitrogens is 1. The summed E-state index contributed by atoms with van der Waals surface area (Å²) in [6, 6.07) is 1.56. The standard InChI is InChI=1S/C10H11NO/c1-3-5-8-9(4-2)11-7-6-10(8)12/h3-7,12H,1H2,2H3/b8-5+,9-4+. The predicted molar refractivity (Wildman–Crippen MR) is 50.0 cm³/mol. The van der Waals surface area contributed by atoms with Crippen molar-refractivity contribution in [1.29, 1.82) is 0 Å². The quantitative estimate of drug-likeness (QED) is 0.652. The second kappa shape index (κ2) is 3.72. The summed E-state index contributed by atoms with van der Waals surface area (Å²) in [5.41, 5.74) is 0. The van der Waals surface area contributed by atoms with E-state index in [-0.39, 0.29) is 5.75 Å². The Hall–Kier alpha value is -1.57. The average molecular weight is 161 g/mol. The molecule has 0 atom stereocenters.